The lowest BCUT2D eigenvalue weighted by Crippen LogP contribution is -2.16. The molecule has 0 fully saturated rings. The fourth-order valence-corrected chi connectivity index (χ4v) is 2.68. The molecule has 0 radical (unpaired) electrons. The second kappa shape index (κ2) is 6.45. The van der Waals surface area contributed by atoms with E-state index in [1.807, 2.05) is 12.1 Å². The Bertz CT molecular complexity index is 549. The molecule has 0 saturated carbocycles. The van der Waals surface area contributed by atoms with Gasteiger partial charge >= 0.3 is 0 Å². The van der Waals surface area contributed by atoms with E-state index < -0.39 is 0 Å². The van der Waals surface area contributed by atoms with Crippen LogP contribution in [0.4, 0.5) is 5.69 Å². The van der Waals surface area contributed by atoms with Crippen LogP contribution in [0.25, 0.3) is 0 Å². The fourth-order valence-electron chi connectivity index (χ4n) is 1.80. The molecule has 2 aromatic rings. The summed E-state index contributed by atoms with van der Waals surface area (Å²) in [5.41, 5.74) is 2.58. The normalized spacial score (nSPS) is 10.6. The molecular formula is C14H16N2O2S. The zero-order valence-electron chi connectivity index (χ0n) is 10.8. The molecule has 4 nitrogen and oxygen atoms in total. The van der Waals surface area contributed by atoms with Crippen LogP contribution in [0.3, 0.4) is 0 Å². The number of nitro benzene ring substituents is 1. The summed E-state index contributed by atoms with van der Waals surface area (Å²) in [5, 5.41) is 16.0. The largest absolute Gasteiger partial charge is 0.312 e. The Morgan fingerprint density at radius 3 is 2.58 bits per heavy atom. The van der Waals surface area contributed by atoms with Crippen LogP contribution in [0, 0.1) is 17.0 Å². The highest BCUT2D eigenvalue weighted by molar-refractivity contribution is 7.10. The maximum Gasteiger partial charge on any atom is 0.269 e. The van der Waals surface area contributed by atoms with Crippen LogP contribution >= 0.6 is 11.3 Å². The Balaban J connectivity index is 1.76. The minimum Gasteiger partial charge on any atom is -0.312 e. The van der Waals surface area contributed by atoms with Gasteiger partial charge in [-0.25, -0.2) is 0 Å². The van der Waals surface area contributed by atoms with E-state index in [4.69, 9.17) is 0 Å². The van der Waals surface area contributed by atoms with Gasteiger partial charge in [0.2, 0.25) is 0 Å². The molecule has 0 aliphatic rings. The van der Waals surface area contributed by atoms with Crippen molar-refractivity contribution in [2.75, 3.05) is 6.54 Å². The van der Waals surface area contributed by atoms with Crippen molar-refractivity contribution in [3.05, 3.63) is 61.8 Å². The summed E-state index contributed by atoms with van der Waals surface area (Å²) in [4.78, 5) is 11.5. The molecular weight excluding hydrogens is 260 g/mol. The molecule has 100 valence electrons. The minimum absolute atomic E-state index is 0.144. The third kappa shape index (κ3) is 3.87. The predicted molar refractivity (Wildman–Crippen MR) is 77.6 cm³/mol. The second-order valence-electron chi connectivity index (χ2n) is 4.38. The van der Waals surface area contributed by atoms with Crippen LogP contribution in [-0.2, 0) is 13.0 Å². The first-order chi connectivity index (χ1) is 9.16. The average molecular weight is 276 g/mol. The molecule has 5 heteroatoms. The first-order valence-electron chi connectivity index (χ1n) is 6.14. The predicted octanol–water partition coefficient (Wildman–Crippen LogP) is 3.30. The summed E-state index contributed by atoms with van der Waals surface area (Å²) in [6.45, 7) is 3.87. The topological polar surface area (TPSA) is 55.2 Å². The lowest BCUT2D eigenvalue weighted by molar-refractivity contribution is -0.384. The number of non-ortho nitro benzene ring substituents is 1. The molecule has 0 spiro atoms. The third-order valence-corrected chi connectivity index (χ3v) is 4.01. The van der Waals surface area contributed by atoms with Gasteiger partial charge in [-0.2, -0.15) is 0 Å². The summed E-state index contributed by atoms with van der Waals surface area (Å²) in [6.07, 6.45) is 0.877. The Morgan fingerprint density at radius 2 is 2.00 bits per heavy atom. The van der Waals surface area contributed by atoms with E-state index in [2.05, 4.69) is 23.7 Å². The second-order valence-corrected chi connectivity index (χ2v) is 5.38. The summed E-state index contributed by atoms with van der Waals surface area (Å²) >= 11 is 1.76. The number of nitrogens with one attached hydrogen (secondary N) is 1. The van der Waals surface area contributed by atoms with Crippen molar-refractivity contribution < 1.29 is 4.92 Å². The van der Waals surface area contributed by atoms with Crippen LogP contribution in [0.5, 0.6) is 0 Å². The Kier molecular flexibility index (Phi) is 4.65. The van der Waals surface area contributed by atoms with Crippen molar-refractivity contribution in [2.45, 2.75) is 19.9 Å². The zero-order chi connectivity index (χ0) is 13.7. The van der Waals surface area contributed by atoms with Crippen LogP contribution < -0.4 is 5.32 Å². The highest BCUT2D eigenvalue weighted by Gasteiger charge is 2.04. The van der Waals surface area contributed by atoms with Crippen molar-refractivity contribution in [2.24, 2.45) is 0 Å². The molecule has 0 atom stereocenters. The Labute approximate surface area is 116 Å². The van der Waals surface area contributed by atoms with Gasteiger partial charge in [0, 0.05) is 23.6 Å². The molecule has 0 bridgehead atoms. The van der Waals surface area contributed by atoms with Gasteiger partial charge < -0.3 is 5.32 Å². The Morgan fingerprint density at radius 1 is 1.26 bits per heavy atom. The van der Waals surface area contributed by atoms with Crippen molar-refractivity contribution in [3.63, 3.8) is 0 Å². The van der Waals surface area contributed by atoms with Crippen LogP contribution in [0.2, 0.25) is 0 Å². The van der Waals surface area contributed by atoms with Gasteiger partial charge in [-0.1, -0.05) is 12.1 Å². The number of hydrogen-bond donors (Lipinski definition) is 1. The number of benzene rings is 1. The number of thiophene rings is 1. The smallest absolute Gasteiger partial charge is 0.269 e. The van der Waals surface area contributed by atoms with E-state index in [9.17, 15) is 10.1 Å². The highest BCUT2D eigenvalue weighted by Crippen LogP contribution is 2.15. The van der Waals surface area contributed by atoms with Gasteiger partial charge in [-0.05, 0) is 42.5 Å². The third-order valence-electron chi connectivity index (χ3n) is 2.99. The van der Waals surface area contributed by atoms with Gasteiger partial charge in [0.15, 0.2) is 0 Å². The van der Waals surface area contributed by atoms with E-state index >= 15 is 0 Å². The fraction of sp³-hybridized carbons (Fsp3) is 0.286. The van der Waals surface area contributed by atoms with E-state index in [0.29, 0.717) is 0 Å². The number of hydrogen-bond acceptors (Lipinski definition) is 4. The summed E-state index contributed by atoms with van der Waals surface area (Å²) in [5.74, 6) is 0. The average Bonchev–Trinajstić information content (AvgIpc) is 2.81. The quantitative estimate of drug-likeness (QED) is 0.500. The standard InChI is InChI=1S/C14H16N2O2S/c1-11-7-9-19-14(11)10-15-8-6-12-2-4-13(5-3-12)16(17)18/h2-5,7,9,15H,6,8,10H2,1H3. The lowest BCUT2D eigenvalue weighted by atomic mass is 10.1. The first-order valence-corrected chi connectivity index (χ1v) is 7.02. The molecule has 0 aliphatic carbocycles. The highest BCUT2D eigenvalue weighted by atomic mass is 32.1. The maximum absolute atomic E-state index is 10.5. The van der Waals surface area contributed by atoms with E-state index in [1.54, 1.807) is 23.5 Å². The van der Waals surface area contributed by atoms with Crippen molar-refractivity contribution >= 4 is 17.0 Å². The summed E-state index contributed by atoms with van der Waals surface area (Å²) in [6, 6.07) is 8.86. The molecule has 2 rings (SSSR count). The van der Waals surface area contributed by atoms with E-state index in [1.165, 1.54) is 10.4 Å². The van der Waals surface area contributed by atoms with Gasteiger partial charge in [0.1, 0.15) is 0 Å². The molecule has 0 aliphatic heterocycles. The molecule has 19 heavy (non-hydrogen) atoms. The van der Waals surface area contributed by atoms with E-state index in [-0.39, 0.29) is 10.6 Å². The zero-order valence-corrected chi connectivity index (χ0v) is 11.6. The number of nitro groups is 1. The van der Waals surface area contributed by atoms with Gasteiger partial charge in [0.05, 0.1) is 4.92 Å². The first kappa shape index (κ1) is 13.7. The lowest BCUT2D eigenvalue weighted by Gasteiger charge is -2.04. The van der Waals surface area contributed by atoms with Crippen LogP contribution in [-0.4, -0.2) is 11.5 Å². The Hall–Kier alpha value is -1.72. The van der Waals surface area contributed by atoms with Gasteiger partial charge in [0.25, 0.3) is 5.69 Å². The van der Waals surface area contributed by atoms with Gasteiger partial charge in [-0.15, -0.1) is 11.3 Å². The van der Waals surface area contributed by atoms with Crippen molar-refractivity contribution in [3.8, 4) is 0 Å². The summed E-state index contributed by atoms with van der Waals surface area (Å²) in [7, 11) is 0. The monoisotopic (exact) mass is 276 g/mol. The molecule has 1 heterocycles. The number of nitrogens with zero attached hydrogens (tertiary/aromatic N) is 1. The molecule has 0 unspecified atom stereocenters. The van der Waals surface area contributed by atoms with Crippen molar-refractivity contribution in [1.29, 1.82) is 0 Å². The summed E-state index contributed by atoms with van der Waals surface area (Å²) < 4.78 is 0. The molecule has 0 amide bonds. The van der Waals surface area contributed by atoms with Crippen LogP contribution in [0.15, 0.2) is 35.7 Å². The van der Waals surface area contributed by atoms with Gasteiger partial charge in [-0.3, -0.25) is 10.1 Å². The molecule has 1 N–H and O–H groups in total. The molecule has 1 aromatic heterocycles. The molecule has 0 saturated heterocycles. The van der Waals surface area contributed by atoms with E-state index in [0.717, 1.165) is 25.1 Å². The number of aryl methyl sites for hydroxylation is 1. The maximum atomic E-state index is 10.5. The van der Waals surface area contributed by atoms with Crippen molar-refractivity contribution in [1.82, 2.24) is 5.32 Å². The minimum atomic E-state index is -0.373. The van der Waals surface area contributed by atoms with Crippen LogP contribution in [0.1, 0.15) is 16.0 Å². The SMILES string of the molecule is Cc1ccsc1CNCCc1ccc([N+](=O)[O-])cc1. The number of rotatable bonds is 6. The molecule has 1 aromatic carbocycles.